The zero-order valence-corrected chi connectivity index (χ0v) is 22.4. The number of hydrogen-bond acceptors (Lipinski definition) is 7. The van der Waals surface area contributed by atoms with Crippen LogP contribution in [0.25, 0.3) is 0 Å². The van der Waals surface area contributed by atoms with Crippen LogP contribution in [-0.2, 0) is 20.8 Å². The summed E-state index contributed by atoms with van der Waals surface area (Å²) in [7, 11) is 0. The summed E-state index contributed by atoms with van der Waals surface area (Å²) in [5.41, 5.74) is 0.845. The lowest BCUT2D eigenvalue weighted by atomic mass is 9.46. The number of rotatable bonds is 7. The summed E-state index contributed by atoms with van der Waals surface area (Å²) in [5.74, 6) is 0.343. The molecule has 206 valence electrons. The summed E-state index contributed by atoms with van der Waals surface area (Å²) in [6.45, 7) is 7.41. The Morgan fingerprint density at radius 1 is 1.11 bits per heavy atom. The average molecular weight is 526 g/mol. The molecule has 2 aromatic rings. The van der Waals surface area contributed by atoms with Crippen molar-refractivity contribution < 1.29 is 28.7 Å². The molecule has 3 aliphatic rings. The fraction of sp³-hybridized carbons (Fsp3) is 0.621. The van der Waals surface area contributed by atoms with Crippen molar-refractivity contribution >= 4 is 11.8 Å². The van der Waals surface area contributed by atoms with E-state index in [0.717, 1.165) is 24.8 Å². The Bertz CT molecular complexity index is 1140. The third kappa shape index (κ3) is 5.24. The molecule has 9 nitrogen and oxygen atoms in total. The largest absolute Gasteiger partial charge is 0.393 e. The van der Waals surface area contributed by atoms with Gasteiger partial charge >= 0.3 is 0 Å². The number of aryl methyl sites for hydroxylation is 1. The molecule has 1 aliphatic heterocycles. The van der Waals surface area contributed by atoms with Crippen LogP contribution < -0.4 is 10.6 Å². The van der Waals surface area contributed by atoms with Crippen molar-refractivity contribution in [2.75, 3.05) is 13.2 Å². The number of carbonyl (C=O) groups excluding carboxylic acids is 2. The van der Waals surface area contributed by atoms with Gasteiger partial charge in [-0.25, -0.2) is 0 Å². The van der Waals surface area contributed by atoms with Crippen LogP contribution in [0.2, 0.25) is 0 Å². The monoisotopic (exact) mass is 525 g/mol. The van der Waals surface area contributed by atoms with Crippen molar-refractivity contribution in [3.63, 3.8) is 0 Å². The van der Waals surface area contributed by atoms with E-state index in [2.05, 4.69) is 29.6 Å². The van der Waals surface area contributed by atoms with Gasteiger partial charge in [-0.3, -0.25) is 9.59 Å². The summed E-state index contributed by atoms with van der Waals surface area (Å²) in [6.07, 6.45) is 2.45. The Hall–Kier alpha value is -2.75. The minimum atomic E-state index is -0.539. The van der Waals surface area contributed by atoms with Crippen LogP contribution in [0.5, 0.6) is 0 Å². The number of aromatic nitrogens is 1. The van der Waals surface area contributed by atoms with Gasteiger partial charge < -0.3 is 29.7 Å². The van der Waals surface area contributed by atoms with E-state index in [9.17, 15) is 14.7 Å². The van der Waals surface area contributed by atoms with Gasteiger partial charge in [-0.15, -0.1) is 0 Å². The van der Waals surface area contributed by atoms with Crippen LogP contribution in [-0.4, -0.2) is 53.7 Å². The van der Waals surface area contributed by atoms with Gasteiger partial charge in [0.15, 0.2) is 12.0 Å². The standard InChI is InChI=1S/C29H39N3O6/c1-18-13-21(32-38-18)27(35)31-16-26-36-17-29(3)23-10-9-22(33)20(28(23,2)12-11-24(29)37-26)14-25(34)30-15-19-7-5-4-6-8-19/h4-8,13,20,22-24,26,33H,9-12,14-17H2,1-3H3,(H,30,34)(H,31,35). The van der Waals surface area contributed by atoms with E-state index >= 15 is 0 Å². The molecule has 2 heterocycles. The lowest BCUT2D eigenvalue weighted by molar-refractivity contribution is -0.306. The lowest BCUT2D eigenvalue weighted by Crippen LogP contribution is -2.63. The molecule has 0 bridgehead atoms. The summed E-state index contributed by atoms with van der Waals surface area (Å²) in [4.78, 5) is 25.3. The molecule has 3 N–H and O–H groups in total. The second-order valence-corrected chi connectivity index (χ2v) is 11.7. The fourth-order valence-corrected chi connectivity index (χ4v) is 7.20. The van der Waals surface area contributed by atoms with Crippen molar-refractivity contribution in [1.82, 2.24) is 15.8 Å². The minimum Gasteiger partial charge on any atom is -0.393 e. The number of nitrogens with zero attached hydrogens (tertiary/aromatic N) is 1. The zero-order chi connectivity index (χ0) is 26.9. The van der Waals surface area contributed by atoms with Crippen LogP contribution >= 0.6 is 0 Å². The van der Waals surface area contributed by atoms with E-state index in [1.165, 1.54) is 0 Å². The number of hydrogen-bond donors (Lipinski definition) is 3. The van der Waals surface area contributed by atoms with Crippen LogP contribution in [0.1, 0.15) is 67.8 Å². The highest BCUT2D eigenvalue weighted by atomic mass is 16.7. The average Bonchev–Trinajstić information content (AvgIpc) is 3.35. The van der Waals surface area contributed by atoms with Gasteiger partial charge in [0.05, 0.1) is 25.4 Å². The maximum Gasteiger partial charge on any atom is 0.273 e. The zero-order valence-electron chi connectivity index (χ0n) is 22.4. The van der Waals surface area contributed by atoms with Crippen LogP contribution in [0.15, 0.2) is 40.9 Å². The molecule has 1 aromatic heterocycles. The quantitative estimate of drug-likeness (QED) is 0.507. The number of aliphatic hydroxyl groups is 1. The Kier molecular flexibility index (Phi) is 7.62. The Morgan fingerprint density at radius 3 is 2.63 bits per heavy atom. The Balaban J connectivity index is 1.21. The van der Waals surface area contributed by atoms with Gasteiger partial charge in [-0.05, 0) is 55.4 Å². The first kappa shape index (κ1) is 26.8. The maximum atomic E-state index is 13.0. The maximum absolute atomic E-state index is 13.0. The van der Waals surface area contributed by atoms with Gasteiger partial charge in [-0.1, -0.05) is 49.3 Å². The molecule has 2 saturated carbocycles. The molecule has 7 atom stereocenters. The normalized spacial score (nSPS) is 34.6. The van der Waals surface area contributed by atoms with Crippen molar-refractivity contribution in [1.29, 1.82) is 0 Å². The number of benzene rings is 1. The van der Waals surface area contributed by atoms with Crippen molar-refractivity contribution in [2.45, 2.75) is 77.9 Å². The molecule has 9 heteroatoms. The van der Waals surface area contributed by atoms with Gasteiger partial charge in [-0.2, -0.15) is 0 Å². The molecule has 0 spiro atoms. The second-order valence-electron chi connectivity index (χ2n) is 11.7. The van der Waals surface area contributed by atoms with Gasteiger partial charge in [0.25, 0.3) is 5.91 Å². The molecule has 2 amide bonds. The highest BCUT2D eigenvalue weighted by molar-refractivity contribution is 5.92. The SMILES string of the molecule is Cc1cc(C(=O)NCC2OCC3(C)C(CCC4(C)C(CC(=O)NCc5ccccc5)C(O)CCC34)O2)no1. The topological polar surface area (TPSA) is 123 Å². The highest BCUT2D eigenvalue weighted by Crippen LogP contribution is 2.62. The van der Waals surface area contributed by atoms with Gasteiger partial charge in [0, 0.05) is 24.4 Å². The summed E-state index contributed by atoms with van der Waals surface area (Å²) in [5, 5.41) is 20.7. The third-order valence-electron chi connectivity index (χ3n) is 9.26. The first-order valence-corrected chi connectivity index (χ1v) is 13.7. The number of aliphatic hydroxyl groups excluding tert-OH is 1. The third-order valence-corrected chi connectivity index (χ3v) is 9.26. The summed E-state index contributed by atoms with van der Waals surface area (Å²) in [6, 6.07) is 11.5. The number of amides is 2. The Morgan fingerprint density at radius 2 is 1.89 bits per heavy atom. The number of nitrogens with one attached hydrogen (secondary N) is 2. The molecule has 2 aliphatic carbocycles. The number of ether oxygens (including phenoxy) is 2. The first-order chi connectivity index (χ1) is 18.2. The fourth-order valence-electron chi connectivity index (χ4n) is 7.20. The van der Waals surface area contributed by atoms with E-state index in [-0.39, 0.29) is 52.8 Å². The van der Waals surface area contributed by atoms with Crippen LogP contribution in [0.4, 0.5) is 0 Å². The van der Waals surface area contributed by atoms with Gasteiger partial charge in [0.2, 0.25) is 5.91 Å². The smallest absolute Gasteiger partial charge is 0.273 e. The van der Waals surface area contributed by atoms with Crippen molar-refractivity contribution in [3.8, 4) is 0 Å². The molecule has 5 rings (SSSR count). The van der Waals surface area contributed by atoms with E-state index in [4.69, 9.17) is 14.0 Å². The number of carbonyl (C=O) groups is 2. The molecule has 1 aromatic carbocycles. The van der Waals surface area contributed by atoms with Gasteiger partial charge in [0.1, 0.15) is 5.76 Å². The summed E-state index contributed by atoms with van der Waals surface area (Å²) >= 11 is 0. The predicted octanol–water partition coefficient (Wildman–Crippen LogP) is 3.35. The Labute approximate surface area is 223 Å². The lowest BCUT2D eigenvalue weighted by Gasteiger charge is -2.63. The molecule has 0 radical (unpaired) electrons. The molecule has 38 heavy (non-hydrogen) atoms. The van der Waals surface area contributed by atoms with Crippen molar-refractivity contribution in [2.24, 2.45) is 22.7 Å². The van der Waals surface area contributed by atoms with Crippen molar-refractivity contribution in [3.05, 3.63) is 53.4 Å². The molecule has 1 saturated heterocycles. The predicted molar refractivity (Wildman–Crippen MR) is 139 cm³/mol. The van der Waals surface area contributed by atoms with E-state index in [1.807, 2.05) is 30.3 Å². The van der Waals surface area contributed by atoms with E-state index in [0.29, 0.717) is 31.8 Å². The van der Waals surface area contributed by atoms with E-state index in [1.54, 1.807) is 13.0 Å². The second kappa shape index (κ2) is 10.8. The molecule has 7 unspecified atom stereocenters. The molecular weight excluding hydrogens is 486 g/mol. The highest BCUT2D eigenvalue weighted by Gasteiger charge is 2.61. The first-order valence-electron chi connectivity index (χ1n) is 13.7. The minimum absolute atomic E-state index is 0.0201. The number of fused-ring (bicyclic) bond motifs is 3. The van der Waals surface area contributed by atoms with Crippen LogP contribution in [0, 0.1) is 29.6 Å². The summed E-state index contributed by atoms with van der Waals surface area (Å²) < 4.78 is 17.5. The van der Waals surface area contributed by atoms with E-state index < -0.39 is 12.4 Å². The molecular formula is C29H39N3O6. The molecule has 3 fully saturated rings. The van der Waals surface area contributed by atoms with Crippen LogP contribution in [0.3, 0.4) is 0 Å².